The molecular weight excluding hydrogens is 1450 g/mol. The third-order valence-corrected chi connectivity index (χ3v) is 22.5. The van der Waals surface area contributed by atoms with Gasteiger partial charge in [-0.1, -0.05) is 83.1 Å². The lowest BCUT2D eigenvalue weighted by Gasteiger charge is -2.59. The Balaban J connectivity index is 0.748. The van der Waals surface area contributed by atoms with E-state index in [1.165, 1.54) is 47.6 Å². The van der Waals surface area contributed by atoms with Gasteiger partial charge in [0.05, 0.1) is 105 Å². The number of allylic oxidation sites excluding steroid dienone is 3. The Labute approximate surface area is 633 Å². The molecule has 0 spiro atoms. The number of alkyl carbamates (subject to hydrolysis) is 1. The van der Waals surface area contributed by atoms with E-state index in [-0.39, 0.29) is 104 Å². The molecule has 7 heterocycles. The number of aliphatic carboxylic acids is 1. The summed E-state index contributed by atoms with van der Waals surface area (Å²) in [5, 5.41) is 107. The zero-order valence-electron chi connectivity index (χ0n) is 61.9. The number of rotatable bonds is 24. The summed E-state index contributed by atoms with van der Waals surface area (Å²) in [7, 11) is 7.42. The zero-order valence-corrected chi connectivity index (χ0v) is 63.4. The number of aromatic nitrogens is 3. The van der Waals surface area contributed by atoms with Crippen LogP contribution in [0.1, 0.15) is 90.7 Å². The fraction of sp³-hybridized carbons (Fsp3) is 0.581. The number of para-hydroxylation sites is 1. The van der Waals surface area contributed by atoms with Gasteiger partial charge in [-0.25, -0.2) is 14.3 Å². The standard InChI is InChI=1S/C74H98ClN9O23S/c1-39-16-15-21-53(102-10)73(99)32-55(105-70(98)78-73)72(5)38-71(4,107-72)54(30-59(91)82(7)48-27-42(26-39)28-51(100-8)60(48)75)103-35-40(2)81(6)57(89)23-25-108-37-56(88)76-24-22-58(90)83-33-43-17-11-12-18-45(43)63-61(46-19-13-14-20-47(46)83)79-80-84(63)34-50(87)65(93)68-62(77-41(3)85)49(86)31-74(106-68,69(96)97)104-36-44-29-52(101-9)66(94)67(95)64(44)92/h11-21,27-28,40,44,49-50,52-55,62,64-68,86-87,92-95,99H,22-26,29-38H2,1-10H3,(H,76,88)(H,77,85)(H,78,98)(H,96,97)/b21-15+,39-16+. The number of benzene rings is 3. The Hall–Kier alpha value is -7.71. The van der Waals surface area contributed by atoms with Crippen LogP contribution in [0.4, 0.5) is 16.2 Å². The summed E-state index contributed by atoms with van der Waals surface area (Å²) in [6, 6.07) is 15.5. The van der Waals surface area contributed by atoms with E-state index in [0.717, 1.165) is 18.1 Å². The van der Waals surface area contributed by atoms with Crippen LogP contribution in [0.15, 0.2) is 84.5 Å². The van der Waals surface area contributed by atoms with E-state index in [2.05, 4.69) is 26.3 Å². The molecule has 0 radical (unpaired) electrons. The molecule has 1 saturated carbocycles. The Bertz CT molecular complexity index is 4010. The molecule has 6 amide bonds. The number of hydrogen-bond donors (Lipinski definition) is 11. The number of aliphatic hydroxyl groups excluding tert-OH is 6. The second-order valence-corrected chi connectivity index (χ2v) is 30.5. The molecule has 18 atom stereocenters. The van der Waals surface area contributed by atoms with Crippen LogP contribution in [0, 0.1) is 5.92 Å². The molecule has 3 saturated heterocycles. The number of ether oxygens (including phenoxy) is 8. The quantitative estimate of drug-likeness (QED) is 0.0449. The third kappa shape index (κ3) is 18.0. The van der Waals surface area contributed by atoms with Crippen molar-refractivity contribution in [3.8, 4) is 28.3 Å². The van der Waals surface area contributed by atoms with Gasteiger partial charge in [-0.3, -0.25) is 29.3 Å². The molecule has 1 aliphatic carbocycles. The van der Waals surface area contributed by atoms with E-state index >= 15 is 0 Å². The second-order valence-electron chi connectivity index (χ2n) is 29.0. The molecule has 7 aliphatic rings. The van der Waals surface area contributed by atoms with Gasteiger partial charge < -0.3 is 104 Å². The predicted octanol–water partition coefficient (Wildman–Crippen LogP) is 2.53. The van der Waals surface area contributed by atoms with Crippen LogP contribution in [-0.2, 0) is 81.4 Å². The number of carbonyl (C=O) groups is 7. The molecule has 18 unspecified atom stereocenters. The van der Waals surface area contributed by atoms with Crippen LogP contribution in [0.3, 0.4) is 0 Å². The number of amides is 6. The van der Waals surface area contributed by atoms with Gasteiger partial charge in [-0.2, -0.15) is 11.8 Å². The lowest BCUT2D eigenvalue weighted by Crippen LogP contribution is -2.72. The van der Waals surface area contributed by atoms with Gasteiger partial charge in [0.2, 0.25) is 29.5 Å². The largest absolute Gasteiger partial charge is 0.495 e. The topological polar surface area (TPSA) is 432 Å². The number of halogens is 1. The average Bonchev–Trinajstić information content (AvgIpc) is 0.957. The molecule has 11 N–H and O–H groups in total. The van der Waals surface area contributed by atoms with Crippen LogP contribution in [-0.4, -0.2) is 271 Å². The minimum Gasteiger partial charge on any atom is -0.495 e. The maximum atomic E-state index is 14.5. The number of nitrogens with one attached hydrogen (secondary N) is 3. The van der Waals surface area contributed by atoms with E-state index < -0.39 is 145 Å². The third-order valence-electron chi connectivity index (χ3n) is 21.2. The average molecular weight is 1550 g/mol. The molecule has 4 aromatic rings. The highest BCUT2D eigenvalue weighted by Crippen LogP contribution is 2.51. The summed E-state index contributed by atoms with van der Waals surface area (Å²) in [4.78, 5) is 99.4. The lowest BCUT2D eigenvalue weighted by molar-refractivity contribution is -0.332. The highest BCUT2D eigenvalue weighted by molar-refractivity contribution is 7.99. The molecule has 6 aliphatic heterocycles. The van der Waals surface area contributed by atoms with E-state index in [1.54, 1.807) is 107 Å². The number of anilines is 2. The molecule has 3 aromatic carbocycles. The van der Waals surface area contributed by atoms with E-state index in [1.807, 2.05) is 19.1 Å². The maximum absolute atomic E-state index is 14.5. The van der Waals surface area contributed by atoms with Crippen molar-refractivity contribution in [3.63, 3.8) is 0 Å². The number of nitrogens with zero attached hydrogens (tertiary/aromatic N) is 6. The molecule has 11 rings (SSSR count). The monoisotopic (exact) mass is 1550 g/mol. The van der Waals surface area contributed by atoms with Gasteiger partial charge in [-0.05, 0) is 69.9 Å². The molecule has 4 fully saturated rings. The second kappa shape index (κ2) is 34.7. The minimum absolute atomic E-state index is 0.0105. The normalized spacial score (nSPS) is 30.8. The minimum atomic E-state index is -2.74. The predicted molar refractivity (Wildman–Crippen MR) is 391 cm³/mol. The molecule has 1 aromatic heterocycles. The van der Waals surface area contributed by atoms with Crippen molar-refractivity contribution in [2.75, 3.05) is 76.5 Å². The van der Waals surface area contributed by atoms with Crippen molar-refractivity contribution in [1.82, 2.24) is 35.8 Å². The van der Waals surface area contributed by atoms with Crippen LogP contribution < -0.4 is 30.5 Å². The number of carboxylic acids is 1. The van der Waals surface area contributed by atoms with Crippen molar-refractivity contribution in [3.05, 3.63) is 101 Å². The first-order chi connectivity index (χ1) is 51.2. The molecule has 590 valence electrons. The van der Waals surface area contributed by atoms with Gasteiger partial charge in [0.1, 0.15) is 64.8 Å². The Morgan fingerprint density at radius 2 is 1.65 bits per heavy atom. The van der Waals surface area contributed by atoms with Crippen molar-refractivity contribution >= 4 is 76.3 Å². The van der Waals surface area contributed by atoms with Crippen LogP contribution in [0.5, 0.6) is 5.75 Å². The summed E-state index contributed by atoms with van der Waals surface area (Å²) in [5.74, 6) is -6.97. The summed E-state index contributed by atoms with van der Waals surface area (Å²) in [6.45, 7) is 7.18. The SMILES string of the molecule is COc1cc2cc(c1Cl)N(C)C(=O)CC(OCC(C)N(C)C(=O)CCSCC(=O)NCCC(=O)N1Cc3ccccc3-c3c(nnn3CC(O)C(O)C3OC(OCC4CC(OC)C(O)C(O)C4O)(C(=O)O)CC(O)C3NC(C)=O)-c3ccccc31)C1(C)CC(C)(O1)C1CC(O)(NC(=O)O1)C(OC)/C=C/C=C(\C)C2. The fourth-order valence-corrected chi connectivity index (χ4v) is 16.2. The molecule has 34 heteroatoms. The molecule has 6 bridgehead atoms. The summed E-state index contributed by atoms with van der Waals surface area (Å²) < 4.78 is 48.9. The fourth-order valence-electron chi connectivity index (χ4n) is 15.1. The smallest absolute Gasteiger partial charge is 0.409 e. The van der Waals surface area contributed by atoms with Gasteiger partial charge in [0, 0.05) is 96.7 Å². The van der Waals surface area contributed by atoms with Crippen molar-refractivity contribution in [2.45, 2.75) is 201 Å². The Kier molecular flexibility index (Phi) is 26.6. The van der Waals surface area contributed by atoms with Crippen molar-refractivity contribution < 1.29 is 112 Å². The molecule has 32 nitrogen and oxygen atoms in total. The van der Waals surface area contributed by atoms with E-state index in [0.29, 0.717) is 45.9 Å². The summed E-state index contributed by atoms with van der Waals surface area (Å²) in [6.07, 6.45) is -12.5. The van der Waals surface area contributed by atoms with Gasteiger partial charge in [0.25, 0.3) is 5.79 Å². The number of carboxylic acid groups (broad SMARTS) is 1. The number of aliphatic hydroxyl groups is 7. The number of carbonyl (C=O) groups excluding carboxylic acids is 6. The Morgan fingerprint density at radius 1 is 0.935 bits per heavy atom. The zero-order chi connectivity index (χ0) is 78.5. The number of hydrogen-bond acceptors (Lipinski definition) is 25. The van der Waals surface area contributed by atoms with E-state index in [9.17, 15) is 74.4 Å². The number of likely N-dealkylation sites (N-methyl/N-ethyl adjacent to an activating group) is 1. The van der Waals surface area contributed by atoms with Gasteiger partial charge in [-0.15, -0.1) is 5.10 Å². The van der Waals surface area contributed by atoms with Crippen LogP contribution in [0.25, 0.3) is 22.5 Å². The number of methoxy groups -OCH3 is 3. The highest BCUT2D eigenvalue weighted by Gasteiger charge is 2.63. The summed E-state index contributed by atoms with van der Waals surface area (Å²) in [5.41, 5.74) is 0.550. The van der Waals surface area contributed by atoms with E-state index in [4.69, 9.17) is 49.5 Å². The first-order valence-corrected chi connectivity index (χ1v) is 37.2. The van der Waals surface area contributed by atoms with Crippen molar-refractivity contribution in [1.29, 1.82) is 0 Å². The molecular formula is C74H98ClN9O23S. The molecule has 108 heavy (non-hydrogen) atoms. The van der Waals surface area contributed by atoms with Gasteiger partial charge in [0.15, 0.2) is 5.72 Å². The first-order valence-electron chi connectivity index (χ1n) is 35.7. The summed E-state index contributed by atoms with van der Waals surface area (Å²) >= 11 is 8.12. The van der Waals surface area contributed by atoms with Crippen LogP contribution >= 0.6 is 23.4 Å². The number of thioether (sulfide) groups is 1. The van der Waals surface area contributed by atoms with Crippen molar-refractivity contribution in [2.24, 2.45) is 5.92 Å². The van der Waals surface area contributed by atoms with Crippen LogP contribution in [0.2, 0.25) is 5.02 Å². The first kappa shape index (κ1) is 82.8. The highest BCUT2D eigenvalue weighted by atomic mass is 35.5. The van der Waals surface area contributed by atoms with Gasteiger partial charge >= 0.3 is 12.1 Å². The lowest BCUT2D eigenvalue weighted by atomic mass is 9.72. The number of fused-ring (bicyclic) bond motifs is 11. The Morgan fingerprint density at radius 3 is 2.34 bits per heavy atom. The maximum Gasteiger partial charge on any atom is 0.409 e.